The van der Waals surface area contributed by atoms with E-state index in [0.29, 0.717) is 55.4 Å². The number of ether oxygens (including phenoxy) is 2. The number of piperidine rings is 1. The average Bonchev–Trinajstić information content (AvgIpc) is 3.37. The SMILES string of the molecule is Cc1noc(C)c1S(=O)(=O)N1CCC(C(C)C(=O)NCc2ccc3c(c2)OCO3)CC1. The Bertz CT molecular complexity index is 1050. The van der Waals surface area contributed by atoms with E-state index < -0.39 is 10.0 Å². The third kappa shape index (κ3) is 4.27. The summed E-state index contributed by atoms with van der Waals surface area (Å²) in [5.41, 5.74) is 1.31. The predicted octanol–water partition coefficient (Wildman–Crippen LogP) is 2.37. The Morgan fingerprint density at radius 2 is 1.94 bits per heavy atom. The molecule has 0 saturated carbocycles. The lowest BCUT2D eigenvalue weighted by Crippen LogP contribution is -2.42. The van der Waals surface area contributed by atoms with Gasteiger partial charge in [-0.2, -0.15) is 4.31 Å². The highest BCUT2D eigenvalue weighted by molar-refractivity contribution is 7.89. The topological polar surface area (TPSA) is 111 Å². The van der Waals surface area contributed by atoms with Crippen molar-refractivity contribution in [3.63, 3.8) is 0 Å². The van der Waals surface area contributed by atoms with Crippen LogP contribution in [0, 0.1) is 25.7 Å². The number of nitrogens with one attached hydrogen (secondary N) is 1. The Balaban J connectivity index is 1.31. The molecular weight excluding hydrogens is 422 g/mol. The van der Waals surface area contributed by atoms with E-state index in [9.17, 15) is 13.2 Å². The number of nitrogens with zero attached hydrogens (tertiary/aromatic N) is 2. The van der Waals surface area contributed by atoms with Crippen molar-refractivity contribution in [3.8, 4) is 11.5 Å². The van der Waals surface area contributed by atoms with Gasteiger partial charge in [0.05, 0.1) is 0 Å². The fraction of sp³-hybridized carbons (Fsp3) is 0.524. The van der Waals surface area contributed by atoms with Crippen LogP contribution in [0.3, 0.4) is 0 Å². The fourth-order valence-electron chi connectivity index (χ4n) is 4.20. The number of benzene rings is 1. The van der Waals surface area contributed by atoms with E-state index in [-0.39, 0.29) is 29.4 Å². The molecule has 9 nitrogen and oxygen atoms in total. The number of sulfonamides is 1. The predicted molar refractivity (Wildman–Crippen MR) is 111 cm³/mol. The molecule has 31 heavy (non-hydrogen) atoms. The Morgan fingerprint density at radius 1 is 1.23 bits per heavy atom. The standard InChI is InChI=1S/C21H27N3O6S/c1-13(21(25)22-11-16-4-5-18-19(10-16)29-12-28-18)17-6-8-24(9-7-17)31(26,27)20-14(2)23-30-15(20)3/h4-5,10,13,17H,6-9,11-12H2,1-3H3,(H,22,25). The van der Waals surface area contributed by atoms with Crippen molar-refractivity contribution in [2.75, 3.05) is 19.9 Å². The number of carbonyl (C=O) groups is 1. The van der Waals surface area contributed by atoms with Gasteiger partial charge in [0.1, 0.15) is 10.6 Å². The minimum Gasteiger partial charge on any atom is -0.454 e. The minimum absolute atomic E-state index is 0.0373. The smallest absolute Gasteiger partial charge is 0.248 e. The highest BCUT2D eigenvalue weighted by Gasteiger charge is 2.36. The van der Waals surface area contributed by atoms with Crippen LogP contribution in [0.1, 0.15) is 36.8 Å². The molecule has 0 aliphatic carbocycles. The van der Waals surface area contributed by atoms with E-state index in [4.69, 9.17) is 14.0 Å². The molecule has 0 bridgehead atoms. The lowest BCUT2D eigenvalue weighted by atomic mass is 9.85. The number of rotatable bonds is 6. The van der Waals surface area contributed by atoms with Gasteiger partial charge in [-0.15, -0.1) is 0 Å². The van der Waals surface area contributed by atoms with Crippen LogP contribution in [0.15, 0.2) is 27.6 Å². The maximum absolute atomic E-state index is 13.0. The van der Waals surface area contributed by atoms with E-state index in [2.05, 4.69) is 10.5 Å². The second-order valence-corrected chi connectivity index (χ2v) is 9.96. The third-order valence-electron chi connectivity index (χ3n) is 6.09. The Hall–Kier alpha value is -2.59. The first-order valence-corrected chi connectivity index (χ1v) is 11.8. The average molecular weight is 450 g/mol. The molecule has 1 atom stereocenters. The van der Waals surface area contributed by atoms with Gasteiger partial charge in [-0.05, 0) is 50.3 Å². The van der Waals surface area contributed by atoms with Crippen molar-refractivity contribution in [3.05, 3.63) is 35.2 Å². The summed E-state index contributed by atoms with van der Waals surface area (Å²) in [6.07, 6.45) is 1.25. The number of aryl methyl sites for hydroxylation is 2. The van der Waals surface area contributed by atoms with Gasteiger partial charge in [-0.3, -0.25) is 4.79 Å². The highest BCUT2D eigenvalue weighted by Crippen LogP contribution is 2.33. The van der Waals surface area contributed by atoms with Gasteiger partial charge in [0.15, 0.2) is 17.3 Å². The van der Waals surface area contributed by atoms with Gasteiger partial charge in [0.2, 0.25) is 22.7 Å². The molecule has 2 aliphatic rings. The van der Waals surface area contributed by atoms with Crippen LogP contribution in [-0.4, -0.2) is 43.7 Å². The molecule has 2 aliphatic heterocycles. The third-order valence-corrected chi connectivity index (χ3v) is 8.23. The van der Waals surface area contributed by atoms with E-state index in [0.717, 1.165) is 5.56 Å². The molecule has 3 heterocycles. The first kappa shape index (κ1) is 21.6. The molecule has 1 fully saturated rings. The van der Waals surface area contributed by atoms with Gasteiger partial charge >= 0.3 is 0 Å². The van der Waals surface area contributed by atoms with Crippen molar-refractivity contribution in [2.24, 2.45) is 11.8 Å². The van der Waals surface area contributed by atoms with E-state index in [1.165, 1.54) is 4.31 Å². The zero-order valence-electron chi connectivity index (χ0n) is 17.9. The van der Waals surface area contributed by atoms with Gasteiger partial charge in [-0.25, -0.2) is 8.42 Å². The van der Waals surface area contributed by atoms with Crippen LogP contribution < -0.4 is 14.8 Å². The zero-order valence-corrected chi connectivity index (χ0v) is 18.7. The van der Waals surface area contributed by atoms with Gasteiger partial charge in [0, 0.05) is 25.6 Å². The summed E-state index contributed by atoms with van der Waals surface area (Å²) < 4.78 is 43.1. The van der Waals surface area contributed by atoms with Crippen LogP contribution in [0.4, 0.5) is 0 Å². The number of fused-ring (bicyclic) bond motifs is 1. The Labute approximate surface area is 181 Å². The minimum atomic E-state index is -3.65. The normalized spacial score (nSPS) is 18.2. The molecule has 1 amide bonds. The summed E-state index contributed by atoms with van der Waals surface area (Å²) in [4.78, 5) is 12.8. The van der Waals surface area contributed by atoms with E-state index in [1.54, 1.807) is 13.8 Å². The number of hydrogen-bond donors (Lipinski definition) is 1. The highest BCUT2D eigenvalue weighted by atomic mass is 32.2. The molecular formula is C21H27N3O6S. The molecule has 168 valence electrons. The Kier molecular flexibility index (Phi) is 5.94. The molecule has 0 spiro atoms. The zero-order chi connectivity index (χ0) is 22.2. The number of aromatic nitrogens is 1. The maximum atomic E-state index is 13.0. The van der Waals surface area contributed by atoms with Gasteiger partial charge in [-0.1, -0.05) is 18.1 Å². The molecule has 1 saturated heterocycles. The second kappa shape index (κ2) is 8.51. The summed E-state index contributed by atoms with van der Waals surface area (Å²) in [6.45, 7) is 6.49. The lowest BCUT2D eigenvalue weighted by Gasteiger charge is -2.33. The van der Waals surface area contributed by atoms with Crippen molar-refractivity contribution < 1.29 is 27.2 Å². The monoisotopic (exact) mass is 449 g/mol. The summed E-state index contributed by atoms with van der Waals surface area (Å²) >= 11 is 0. The molecule has 1 aromatic carbocycles. The van der Waals surface area contributed by atoms with E-state index in [1.807, 2.05) is 25.1 Å². The number of amides is 1. The summed E-state index contributed by atoms with van der Waals surface area (Å²) in [5, 5.41) is 6.74. The largest absolute Gasteiger partial charge is 0.454 e. The van der Waals surface area contributed by atoms with Crippen molar-refractivity contribution in [1.29, 1.82) is 0 Å². The van der Waals surface area contributed by atoms with Crippen LogP contribution in [-0.2, 0) is 21.4 Å². The molecule has 1 N–H and O–H groups in total. The molecule has 1 aromatic heterocycles. The molecule has 0 radical (unpaired) electrons. The second-order valence-electron chi connectivity index (χ2n) is 8.09. The fourth-order valence-corrected chi connectivity index (χ4v) is 5.96. The van der Waals surface area contributed by atoms with Gasteiger partial charge in [0.25, 0.3) is 0 Å². The molecule has 10 heteroatoms. The summed E-state index contributed by atoms with van der Waals surface area (Å²) in [5.74, 6) is 1.57. The molecule has 4 rings (SSSR count). The Morgan fingerprint density at radius 3 is 2.61 bits per heavy atom. The summed E-state index contributed by atoms with van der Waals surface area (Å²) in [6, 6.07) is 5.60. The van der Waals surface area contributed by atoms with Crippen LogP contribution in [0.25, 0.3) is 0 Å². The first-order valence-electron chi connectivity index (χ1n) is 10.4. The first-order chi connectivity index (χ1) is 14.8. The number of hydrogen-bond acceptors (Lipinski definition) is 7. The van der Waals surface area contributed by atoms with Crippen molar-refractivity contribution >= 4 is 15.9 Å². The summed E-state index contributed by atoms with van der Waals surface area (Å²) in [7, 11) is -3.65. The maximum Gasteiger partial charge on any atom is 0.248 e. The van der Waals surface area contributed by atoms with Crippen molar-refractivity contribution in [2.45, 2.75) is 45.1 Å². The molecule has 1 unspecified atom stereocenters. The van der Waals surface area contributed by atoms with Crippen LogP contribution >= 0.6 is 0 Å². The lowest BCUT2D eigenvalue weighted by molar-refractivity contribution is -0.126. The quantitative estimate of drug-likeness (QED) is 0.721. The van der Waals surface area contributed by atoms with Crippen LogP contribution in [0.5, 0.6) is 11.5 Å². The van der Waals surface area contributed by atoms with Crippen molar-refractivity contribution in [1.82, 2.24) is 14.8 Å². The number of carbonyl (C=O) groups excluding carboxylic acids is 1. The van der Waals surface area contributed by atoms with Gasteiger partial charge < -0.3 is 19.3 Å². The van der Waals surface area contributed by atoms with Crippen LogP contribution in [0.2, 0.25) is 0 Å². The van der Waals surface area contributed by atoms with E-state index >= 15 is 0 Å². The molecule has 2 aromatic rings.